The molecule has 3 nitrogen and oxygen atoms in total. The van der Waals surface area contributed by atoms with Crippen molar-refractivity contribution in [3.8, 4) is 0 Å². The first-order valence-electron chi connectivity index (χ1n) is 4.15. The fraction of sp³-hybridized carbons (Fsp3) is 0.667. The van der Waals surface area contributed by atoms with Crippen molar-refractivity contribution in [1.82, 2.24) is 0 Å². The Hall–Kier alpha value is -0.990. The average Bonchev–Trinajstić information content (AvgIpc) is 2.11. The van der Waals surface area contributed by atoms with Gasteiger partial charge in [0.15, 0.2) is 0 Å². The second-order valence-corrected chi connectivity index (χ2v) is 2.34. The molecule has 0 aromatic carbocycles. The van der Waals surface area contributed by atoms with Gasteiger partial charge in [-0.25, -0.2) is 4.79 Å². The SMILES string of the molecule is CCCC(=COCC)C(=O)OC. The second kappa shape index (κ2) is 6.70. The summed E-state index contributed by atoms with van der Waals surface area (Å²) >= 11 is 0. The molecule has 0 aliphatic heterocycles. The van der Waals surface area contributed by atoms with Gasteiger partial charge in [0.2, 0.25) is 0 Å². The molecule has 12 heavy (non-hydrogen) atoms. The summed E-state index contributed by atoms with van der Waals surface area (Å²) in [6.07, 6.45) is 3.09. The molecule has 0 unspecified atom stereocenters. The Morgan fingerprint density at radius 1 is 1.42 bits per heavy atom. The van der Waals surface area contributed by atoms with Gasteiger partial charge < -0.3 is 9.47 Å². The topological polar surface area (TPSA) is 35.5 Å². The van der Waals surface area contributed by atoms with E-state index >= 15 is 0 Å². The van der Waals surface area contributed by atoms with Crippen LogP contribution in [0.2, 0.25) is 0 Å². The van der Waals surface area contributed by atoms with Gasteiger partial charge in [0.05, 0.1) is 25.6 Å². The van der Waals surface area contributed by atoms with Gasteiger partial charge in [0.1, 0.15) is 0 Å². The molecule has 0 aromatic heterocycles. The maximum Gasteiger partial charge on any atom is 0.336 e. The van der Waals surface area contributed by atoms with Gasteiger partial charge in [0.25, 0.3) is 0 Å². The van der Waals surface area contributed by atoms with E-state index in [9.17, 15) is 4.79 Å². The number of methoxy groups -OCH3 is 1. The molecule has 0 bridgehead atoms. The highest BCUT2D eigenvalue weighted by Crippen LogP contribution is 2.06. The van der Waals surface area contributed by atoms with Crippen LogP contribution in [0.4, 0.5) is 0 Å². The van der Waals surface area contributed by atoms with Gasteiger partial charge in [-0.05, 0) is 13.3 Å². The highest BCUT2D eigenvalue weighted by Gasteiger charge is 2.07. The molecule has 0 N–H and O–H groups in total. The zero-order chi connectivity index (χ0) is 9.40. The summed E-state index contributed by atoms with van der Waals surface area (Å²) in [4.78, 5) is 11.0. The third-order valence-corrected chi connectivity index (χ3v) is 1.36. The van der Waals surface area contributed by atoms with E-state index in [1.165, 1.54) is 13.4 Å². The van der Waals surface area contributed by atoms with Crippen LogP contribution < -0.4 is 0 Å². The van der Waals surface area contributed by atoms with E-state index in [0.717, 1.165) is 6.42 Å². The van der Waals surface area contributed by atoms with E-state index in [1.54, 1.807) is 0 Å². The molecule has 0 aliphatic rings. The molecule has 0 rings (SSSR count). The van der Waals surface area contributed by atoms with Crippen molar-refractivity contribution in [2.45, 2.75) is 26.7 Å². The van der Waals surface area contributed by atoms with Gasteiger partial charge in [-0.1, -0.05) is 13.3 Å². The van der Waals surface area contributed by atoms with E-state index < -0.39 is 0 Å². The van der Waals surface area contributed by atoms with Crippen LogP contribution in [0.5, 0.6) is 0 Å². The van der Waals surface area contributed by atoms with Crippen LogP contribution in [-0.2, 0) is 14.3 Å². The highest BCUT2D eigenvalue weighted by atomic mass is 16.5. The largest absolute Gasteiger partial charge is 0.501 e. The lowest BCUT2D eigenvalue weighted by Gasteiger charge is -2.03. The molecule has 3 heteroatoms. The third kappa shape index (κ3) is 4.01. The molecule has 0 saturated heterocycles. The van der Waals surface area contributed by atoms with Gasteiger partial charge >= 0.3 is 5.97 Å². The third-order valence-electron chi connectivity index (χ3n) is 1.36. The second-order valence-electron chi connectivity index (χ2n) is 2.34. The molecule has 0 amide bonds. The standard InChI is InChI=1S/C9H16O3/c1-4-6-8(7-12-5-2)9(10)11-3/h7H,4-6H2,1-3H3. The molecular weight excluding hydrogens is 156 g/mol. The number of hydrogen-bond donors (Lipinski definition) is 0. The lowest BCUT2D eigenvalue weighted by Crippen LogP contribution is -2.05. The molecule has 0 aromatic rings. The molecule has 0 atom stereocenters. The fourth-order valence-corrected chi connectivity index (χ4v) is 0.793. The van der Waals surface area contributed by atoms with Gasteiger partial charge in [-0.15, -0.1) is 0 Å². The van der Waals surface area contributed by atoms with Crippen LogP contribution in [0, 0.1) is 0 Å². The lowest BCUT2D eigenvalue weighted by atomic mass is 10.2. The molecule has 0 heterocycles. The zero-order valence-electron chi connectivity index (χ0n) is 7.92. The van der Waals surface area contributed by atoms with Crippen LogP contribution in [0.25, 0.3) is 0 Å². The molecule has 0 fully saturated rings. The first-order chi connectivity index (χ1) is 5.76. The van der Waals surface area contributed by atoms with Crippen LogP contribution >= 0.6 is 0 Å². The first-order valence-corrected chi connectivity index (χ1v) is 4.15. The van der Waals surface area contributed by atoms with E-state index in [1.807, 2.05) is 13.8 Å². The van der Waals surface area contributed by atoms with Crippen molar-refractivity contribution < 1.29 is 14.3 Å². The predicted molar refractivity (Wildman–Crippen MR) is 46.6 cm³/mol. The van der Waals surface area contributed by atoms with Crippen LogP contribution in [0.3, 0.4) is 0 Å². The molecule has 0 radical (unpaired) electrons. The highest BCUT2D eigenvalue weighted by molar-refractivity contribution is 5.87. The summed E-state index contributed by atoms with van der Waals surface area (Å²) in [5.74, 6) is -0.301. The Bertz CT molecular complexity index is 161. The monoisotopic (exact) mass is 172 g/mol. The quantitative estimate of drug-likeness (QED) is 0.361. The maximum atomic E-state index is 11.0. The van der Waals surface area contributed by atoms with Crippen LogP contribution in [0.1, 0.15) is 26.7 Å². The van der Waals surface area contributed by atoms with E-state index in [0.29, 0.717) is 18.6 Å². The number of rotatable bonds is 5. The smallest absolute Gasteiger partial charge is 0.336 e. The predicted octanol–water partition coefficient (Wildman–Crippen LogP) is 1.88. The number of esters is 1. The molecule has 70 valence electrons. The van der Waals surface area contributed by atoms with Crippen molar-refractivity contribution in [3.63, 3.8) is 0 Å². The molecule has 0 saturated carbocycles. The van der Waals surface area contributed by atoms with E-state index in [2.05, 4.69) is 4.74 Å². The normalized spacial score (nSPS) is 11.1. The summed E-state index contributed by atoms with van der Waals surface area (Å²) in [5, 5.41) is 0. The Balaban J connectivity index is 4.11. The Kier molecular flexibility index (Phi) is 6.15. The minimum Gasteiger partial charge on any atom is -0.501 e. The minimum atomic E-state index is -0.301. The summed E-state index contributed by atoms with van der Waals surface area (Å²) in [5.41, 5.74) is 0.599. The first kappa shape index (κ1) is 11.0. The van der Waals surface area contributed by atoms with E-state index in [-0.39, 0.29) is 5.97 Å². The van der Waals surface area contributed by atoms with Gasteiger partial charge in [-0.2, -0.15) is 0 Å². The summed E-state index contributed by atoms with van der Waals surface area (Å²) < 4.78 is 9.58. The summed E-state index contributed by atoms with van der Waals surface area (Å²) in [6.45, 7) is 4.45. The van der Waals surface area contributed by atoms with Crippen LogP contribution in [0.15, 0.2) is 11.8 Å². The Morgan fingerprint density at radius 3 is 2.50 bits per heavy atom. The molecule has 0 aliphatic carbocycles. The number of ether oxygens (including phenoxy) is 2. The number of carbonyl (C=O) groups excluding carboxylic acids is 1. The minimum absolute atomic E-state index is 0.301. The summed E-state index contributed by atoms with van der Waals surface area (Å²) in [6, 6.07) is 0. The van der Waals surface area contributed by atoms with Crippen molar-refractivity contribution in [2.75, 3.05) is 13.7 Å². The van der Waals surface area contributed by atoms with Crippen molar-refractivity contribution >= 4 is 5.97 Å². The Labute approximate surface area is 73.4 Å². The summed E-state index contributed by atoms with van der Waals surface area (Å²) in [7, 11) is 1.37. The van der Waals surface area contributed by atoms with Crippen molar-refractivity contribution in [2.24, 2.45) is 0 Å². The van der Waals surface area contributed by atoms with Crippen molar-refractivity contribution in [3.05, 3.63) is 11.8 Å². The molecular formula is C9H16O3. The molecule has 0 spiro atoms. The van der Waals surface area contributed by atoms with Crippen molar-refractivity contribution in [1.29, 1.82) is 0 Å². The van der Waals surface area contributed by atoms with Gasteiger partial charge in [0, 0.05) is 0 Å². The Morgan fingerprint density at radius 2 is 2.08 bits per heavy atom. The van der Waals surface area contributed by atoms with E-state index in [4.69, 9.17) is 4.74 Å². The van der Waals surface area contributed by atoms with Gasteiger partial charge in [-0.3, -0.25) is 0 Å². The fourth-order valence-electron chi connectivity index (χ4n) is 0.793. The number of hydrogen-bond acceptors (Lipinski definition) is 3. The maximum absolute atomic E-state index is 11.0. The number of carbonyl (C=O) groups is 1. The van der Waals surface area contributed by atoms with Crippen LogP contribution in [-0.4, -0.2) is 19.7 Å². The average molecular weight is 172 g/mol. The zero-order valence-corrected chi connectivity index (χ0v) is 7.92. The lowest BCUT2D eigenvalue weighted by molar-refractivity contribution is -0.136.